The lowest BCUT2D eigenvalue weighted by molar-refractivity contribution is 0.0950. The van der Waals surface area contributed by atoms with Gasteiger partial charge in [-0.15, -0.1) is 0 Å². The van der Waals surface area contributed by atoms with E-state index < -0.39 is 21.7 Å². The summed E-state index contributed by atoms with van der Waals surface area (Å²) in [5.74, 6) is -1.09. The highest BCUT2D eigenvalue weighted by molar-refractivity contribution is 7.92. The van der Waals surface area contributed by atoms with Crippen molar-refractivity contribution in [3.8, 4) is 0 Å². The van der Waals surface area contributed by atoms with E-state index in [2.05, 4.69) is 10.0 Å². The van der Waals surface area contributed by atoms with Gasteiger partial charge in [-0.05, 0) is 47.9 Å². The number of carbonyl (C=O) groups is 1. The van der Waals surface area contributed by atoms with Crippen LogP contribution in [0, 0.1) is 12.7 Å². The SMILES string of the molecule is COCc1ccc(CNC(=O)c2cc(S(=O)(=O)Nc3ccccc3F)ccc2C)cc1. The van der Waals surface area contributed by atoms with Gasteiger partial charge >= 0.3 is 0 Å². The quantitative estimate of drug-likeness (QED) is 0.552. The Bertz CT molecular complexity index is 1180. The predicted molar refractivity (Wildman–Crippen MR) is 117 cm³/mol. The second kappa shape index (κ2) is 9.72. The summed E-state index contributed by atoms with van der Waals surface area (Å²) >= 11 is 0. The smallest absolute Gasteiger partial charge is 0.262 e. The number of hydrogen-bond donors (Lipinski definition) is 2. The molecule has 0 saturated heterocycles. The Morgan fingerprint density at radius 2 is 1.68 bits per heavy atom. The van der Waals surface area contributed by atoms with E-state index in [0.29, 0.717) is 12.2 Å². The molecule has 0 aliphatic rings. The number of para-hydroxylation sites is 1. The van der Waals surface area contributed by atoms with Gasteiger partial charge in [0.1, 0.15) is 5.82 Å². The summed E-state index contributed by atoms with van der Waals surface area (Å²) in [5.41, 5.74) is 2.61. The van der Waals surface area contributed by atoms with Crippen molar-refractivity contribution in [1.29, 1.82) is 0 Å². The first-order valence-electron chi connectivity index (χ1n) is 9.53. The van der Waals surface area contributed by atoms with E-state index in [1.54, 1.807) is 20.1 Å². The van der Waals surface area contributed by atoms with Crippen molar-refractivity contribution in [2.45, 2.75) is 25.0 Å². The Balaban J connectivity index is 1.75. The number of nitrogens with one attached hydrogen (secondary N) is 2. The Hall–Kier alpha value is -3.23. The number of aryl methyl sites for hydroxylation is 1. The highest BCUT2D eigenvalue weighted by Crippen LogP contribution is 2.21. The van der Waals surface area contributed by atoms with Gasteiger partial charge in [0, 0.05) is 19.2 Å². The predicted octanol–water partition coefficient (Wildman–Crippen LogP) is 4.01. The topological polar surface area (TPSA) is 84.5 Å². The summed E-state index contributed by atoms with van der Waals surface area (Å²) in [4.78, 5) is 12.6. The highest BCUT2D eigenvalue weighted by atomic mass is 32.2. The van der Waals surface area contributed by atoms with Crippen molar-refractivity contribution in [3.63, 3.8) is 0 Å². The van der Waals surface area contributed by atoms with Gasteiger partial charge in [-0.1, -0.05) is 42.5 Å². The monoisotopic (exact) mass is 442 g/mol. The van der Waals surface area contributed by atoms with Crippen molar-refractivity contribution in [3.05, 3.63) is 94.8 Å². The van der Waals surface area contributed by atoms with Crippen molar-refractivity contribution in [1.82, 2.24) is 5.32 Å². The number of hydrogen-bond acceptors (Lipinski definition) is 4. The summed E-state index contributed by atoms with van der Waals surface area (Å²) in [5, 5.41) is 2.80. The molecular weight excluding hydrogens is 419 g/mol. The van der Waals surface area contributed by atoms with Crippen LogP contribution in [0.3, 0.4) is 0 Å². The van der Waals surface area contributed by atoms with Gasteiger partial charge in [-0.25, -0.2) is 12.8 Å². The van der Waals surface area contributed by atoms with E-state index in [9.17, 15) is 17.6 Å². The lowest BCUT2D eigenvalue weighted by atomic mass is 10.1. The summed E-state index contributed by atoms with van der Waals surface area (Å²) in [6, 6.07) is 17.3. The second-order valence-electron chi connectivity index (χ2n) is 6.99. The Morgan fingerprint density at radius 3 is 2.35 bits per heavy atom. The molecule has 0 aliphatic carbocycles. The molecule has 1 amide bonds. The third-order valence-electron chi connectivity index (χ3n) is 4.67. The molecule has 0 atom stereocenters. The average Bonchev–Trinajstić information content (AvgIpc) is 2.75. The molecule has 8 heteroatoms. The van der Waals surface area contributed by atoms with Crippen molar-refractivity contribution >= 4 is 21.6 Å². The number of methoxy groups -OCH3 is 1. The van der Waals surface area contributed by atoms with Crippen molar-refractivity contribution in [2.75, 3.05) is 11.8 Å². The molecule has 6 nitrogen and oxygen atoms in total. The van der Waals surface area contributed by atoms with E-state index in [1.165, 1.54) is 30.3 Å². The van der Waals surface area contributed by atoms with E-state index >= 15 is 0 Å². The van der Waals surface area contributed by atoms with Gasteiger partial charge in [0.2, 0.25) is 0 Å². The number of carbonyl (C=O) groups excluding carboxylic acids is 1. The molecule has 0 radical (unpaired) electrons. The van der Waals surface area contributed by atoms with E-state index in [4.69, 9.17) is 4.74 Å². The molecule has 162 valence electrons. The molecule has 0 saturated carbocycles. The summed E-state index contributed by atoms with van der Waals surface area (Å²) in [6.07, 6.45) is 0. The Labute approximate surface area is 181 Å². The van der Waals surface area contributed by atoms with Crippen LogP contribution in [-0.4, -0.2) is 21.4 Å². The molecule has 0 spiro atoms. The number of halogens is 1. The minimum atomic E-state index is -4.07. The lowest BCUT2D eigenvalue weighted by Gasteiger charge is -2.12. The summed E-state index contributed by atoms with van der Waals surface area (Å²) in [6.45, 7) is 2.51. The molecule has 31 heavy (non-hydrogen) atoms. The standard InChI is InChI=1S/C23H23FN2O4S/c1-16-7-12-19(31(28,29)26-22-6-4-3-5-21(22)24)13-20(16)23(27)25-14-17-8-10-18(11-9-17)15-30-2/h3-13,26H,14-15H2,1-2H3,(H,25,27). The molecule has 3 aromatic rings. The minimum Gasteiger partial charge on any atom is -0.380 e. The van der Waals surface area contributed by atoms with E-state index in [-0.39, 0.29) is 22.7 Å². The van der Waals surface area contributed by atoms with Gasteiger partial charge < -0.3 is 10.1 Å². The minimum absolute atomic E-state index is 0.129. The van der Waals surface area contributed by atoms with Crippen molar-refractivity contribution < 1.29 is 22.3 Å². The Kier molecular flexibility index (Phi) is 7.04. The van der Waals surface area contributed by atoms with E-state index in [1.807, 2.05) is 24.3 Å². The largest absolute Gasteiger partial charge is 0.380 e. The lowest BCUT2D eigenvalue weighted by Crippen LogP contribution is -2.24. The maximum atomic E-state index is 13.8. The van der Waals surface area contributed by atoms with Gasteiger partial charge in [0.05, 0.1) is 17.2 Å². The molecular formula is C23H23FN2O4S. The van der Waals surface area contributed by atoms with Crippen molar-refractivity contribution in [2.24, 2.45) is 0 Å². The maximum Gasteiger partial charge on any atom is 0.262 e. The third-order valence-corrected chi connectivity index (χ3v) is 6.03. The fourth-order valence-corrected chi connectivity index (χ4v) is 4.05. The van der Waals surface area contributed by atoms with Gasteiger partial charge in [-0.2, -0.15) is 0 Å². The fraction of sp³-hybridized carbons (Fsp3) is 0.174. The molecule has 3 rings (SSSR count). The molecule has 0 aliphatic heterocycles. The van der Waals surface area contributed by atoms with Gasteiger partial charge in [0.25, 0.3) is 15.9 Å². The second-order valence-corrected chi connectivity index (χ2v) is 8.68. The first-order chi connectivity index (χ1) is 14.8. The van der Waals surface area contributed by atoms with Crippen LogP contribution in [0.15, 0.2) is 71.6 Å². The number of amides is 1. The van der Waals surface area contributed by atoms with Crippen LogP contribution in [0.25, 0.3) is 0 Å². The number of rotatable bonds is 8. The van der Waals surface area contributed by atoms with Crippen LogP contribution in [0.1, 0.15) is 27.0 Å². The zero-order valence-electron chi connectivity index (χ0n) is 17.2. The molecule has 0 unspecified atom stereocenters. The highest BCUT2D eigenvalue weighted by Gasteiger charge is 2.19. The van der Waals surface area contributed by atoms with E-state index in [0.717, 1.165) is 17.2 Å². The van der Waals surface area contributed by atoms with Crippen LogP contribution in [-0.2, 0) is 27.9 Å². The number of sulfonamides is 1. The number of benzene rings is 3. The first-order valence-corrected chi connectivity index (χ1v) is 11.0. The molecule has 0 bridgehead atoms. The normalized spacial score (nSPS) is 11.2. The molecule has 0 fully saturated rings. The zero-order chi connectivity index (χ0) is 22.4. The van der Waals surface area contributed by atoms with Crippen LogP contribution in [0.2, 0.25) is 0 Å². The zero-order valence-corrected chi connectivity index (χ0v) is 18.0. The third kappa shape index (κ3) is 5.68. The van der Waals surface area contributed by atoms with Crippen LogP contribution < -0.4 is 10.0 Å². The molecule has 2 N–H and O–H groups in total. The first kappa shape index (κ1) is 22.5. The number of ether oxygens (including phenoxy) is 1. The molecule has 0 aromatic heterocycles. The summed E-state index contributed by atoms with van der Waals surface area (Å²) in [7, 11) is -2.45. The van der Waals surface area contributed by atoms with Gasteiger partial charge in [-0.3, -0.25) is 9.52 Å². The van der Waals surface area contributed by atoms with Gasteiger partial charge in [0.15, 0.2) is 0 Å². The fourth-order valence-electron chi connectivity index (χ4n) is 2.96. The average molecular weight is 443 g/mol. The Morgan fingerprint density at radius 1 is 1.00 bits per heavy atom. The molecule has 3 aromatic carbocycles. The number of anilines is 1. The maximum absolute atomic E-state index is 13.8. The van der Waals surface area contributed by atoms with Crippen LogP contribution in [0.5, 0.6) is 0 Å². The van der Waals surface area contributed by atoms with Crippen LogP contribution >= 0.6 is 0 Å². The summed E-state index contributed by atoms with van der Waals surface area (Å²) < 4.78 is 46.5. The molecule has 0 heterocycles. The van der Waals surface area contributed by atoms with Crippen LogP contribution in [0.4, 0.5) is 10.1 Å².